The molecule has 0 bridgehead atoms. The summed E-state index contributed by atoms with van der Waals surface area (Å²) in [6.07, 6.45) is 1.43. The van der Waals surface area contributed by atoms with Gasteiger partial charge in [-0.3, -0.25) is 25.0 Å². The molecule has 0 radical (unpaired) electrons. The number of hydrogen-bond donors (Lipinski definition) is 2. The Morgan fingerprint density at radius 2 is 1.87 bits per heavy atom. The highest BCUT2D eigenvalue weighted by molar-refractivity contribution is 5.93. The number of anilines is 1. The van der Waals surface area contributed by atoms with Crippen molar-refractivity contribution in [2.24, 2.45) is 0 Å². The fourth-order valence-electron chi connectivity index (χ4n) is 3.05. The van der Waals surface area contributed by atoms with E-state index >= 15 is 0 Å². The molecule has 0 aliphatic heterocycles. The van der Waals surface area contributed by atoms with Crippen LogP contribution in [0.2, 0.25) is 0 Å². The van der Waals surface area contributed by atoms with E-state index in [2.05, 4.69) is 15.8 Å². The van der Waals surface area contributed by atoms with Gasteiger partial charge in [0.25, 0.3) is 5.56 Å². The van der Waals surface area contributed by atoms with Crippen LogP contribution < -0.4 is 21.1 Å². The van der Waals surface area contributed by atoms with E-state index in [1.165, 1.54) is 10.8 Å². The third kappa shape index (κ3) is 3.88. The monoisotopic (exact) mass is 404 g/mol. The summed E-state index contributed by atoms with van der Waals surface area (Å²) in [5, 5.41) is 0.516. The molecule has 4 aromatic rings. The number of benzene rings is 2. The third-order valence-corrected chi connectivity index (χ3v) is 4.56. The van der Waals surface area contributed by atoms with Gasteiger partial charge < -0.3 is 9.15 Å². The van der Waals surface area contributed by atoms with Crippen molar-refractivity contribution in [1.29, 1.82) is 0 Å². The van der Waals surface area contributed by atoms with Crippen LogP contribution in [0.5, 0.6) is 5.75 Å². The predicted molar refractivity (Wildman–Crippen MR) is 112 cm³/mol. The Kier molecular flexibility index (Phi) is 5.47. The molecule has 2 heterocycles. The van der Waals surface area contributed by atoms with Crippen LogP contribution in [0.4, 0.5) is 5.95 Å². The number of aromatic nitrogens is 2. The molecule has 30 heavy (non-hydrogen) atoms. The van der Waals surface area contributed by atoms with Gasteiger partial charge in [0, 0.05) is 12.1 Å². The van der Waals surface area contributed by atoms with E-state index in [0.29, 0.717) is 28.8 Å². The van der Waals surface area contributed by atoms with E-state index in [1.54, 1.807) is 30.3 Å². The molecule has 0 saturated carbocycles. The van der Waals surface area contributed by atoms with Crippen LogP contribution in [0.1, 0.15) is 23.0 Å². The summed E-state index contributed by atoms with van der Waals surface area (Å²) in [6, 6.07) is 18.0. The summed E-state index contributed by atoms with van der Waals surface area (Å²) in [5.74, 6) is 0.542. The van der Waals surface area contributed by atoms with Gasteiger partial charge in [0.2, 0.25) is 5.95 Å². The molecule has 2 N–H and O–H groups in total. The number of carbonyl (C=O) groups is 1. The number of furan rings is 1. The van der Waals surface area contributed by atoms with E-state index in [4.69, 9.17) is 9.15 Å². The minimum absolute atomic E-state index is 0.115. The average molecular weight is 404 g/mol. The van der Waals surface area contributed by atoms with Crippen LogP contribution in [0, 0.1) is 0 Å². The first-order valence-electron chi connectivity index (χ1n) is 9.47. The fourth-order valence-corrected chi connectivity index (χ4v) is 3.05. The van der Waals surface area contributed by atoms with Crippen LogP contribution in [0.3, 0.4) is 0 Å². The largest absolute Gasteiger partial charge is 0.489 e. The molecule has 0 aliphatic rings. The average Bonchev–Trinajstić information content (AvgIpc) is 3.26. The molecule has 2 aromatic heterocycles. The van der Waals surface area contributed by atoms with E-state index < -0.39 is 5.91 Å². The van der Waals surface area contributed by atoms with Gasteiger partial charge in [-0.05, 0) is 37.3 Å². The number of ether oxygens (including phenoxy) is 1. The van der Waals surface area contributed by atoms with Crippen molar-refractivity contribution in [2.45, 2.75) is 20.1 Å². The second-order valence-corrected chi connectivity index (χ2v) is 6.46. The molecule has 0 fully saturated rings. The quantitative estimate of drug-likeness (QED) is 0.459. The highest BCUT2D eigenvalue weighted by atomic mass is 16.5. The van der Waals surface area contributed by atoms with E-state index in [-0.39, 0.29) is 23.9 Å². The maximum atomic E-state index is 12.7. The third-order valence-electron chi connectivity index (χ3n) is 4.56. The predicted octanol–water partition coefficient (Wildman–Crippen LogP) is 3.35. The fraction of sp³-hybridized carbons (Fsp3) is 0.136. The summed E-state index contributed by atoms with van der Waals surface area (Å²) in [7, 11) is 0. The smallest absolute Gasteiger partial charge is 0.305 e. The Balaban J connectivity index is 1.49. The standard InChI is InChI=1S/C22H20N4O4/c1-2-26-21(28)17-10-6-7-11-18(17)23-22(26)25-24-20(27)19-15(12-13-29-19)14-30-16-8-4-3-5-9-16/h3-13H,2,14H2,1H3,(H,23,25)(H,24,27). The molecular formula is C22H20N4O4. The summed E-state index contributed by atoms with van der Waals surface area (Å²) in [5.41, 5.74) is 6.23. The second kappa shape index (κ2) is 8.52. The Morgan fingerprint density at radius 1 is 1.10 bits per heavy atom. The summed E-state index contributed by atoms with van der Waals surface area (Å²) >= 11 is 0. The normalized spacial score (nSPS) is 10.7. The maximum absolute atomic E-state index is 12.7. The molecule has 0 saturated heterocycles. The lowest BCUT2D eigenvalue weighted by atomic mass is 10.2. The van der Waals surface area contributed by atoms with Crippen molar-refractivity contribution in [3.05, 3.63) is 88.6 Å². The van der Waals surface area contributed by atoms with Crippen LogP contribution in [-0.4, -0.2) is 15.5 Å². The number of fused-ring (bicyclic) bond motifs is 1. The molecule has 1 amide bonds. The van der Waals surface area contributed by atoms with Crippen molar-refractivity contribution in [3.8, 4) is 5.75 Å². The van der Waals surface area contributed by atoms with E-state index in [1.807, 2.05) is 37.3 Å². The van der Waals surface area contributed by atoms with Gasteiger partial charge in [-0.1, -0.05) is 30.3 Å². The van der Waals surface area contributed by atoms with Crippen LogP contribution in [0.25, 0.3) is 10.9 Å². The summed E-state index contributed by atoms with van der Waals surface area (Å²) in [4.78, 5) is 29.7. The number of hydrazine groups is 1. The molecule has 4 rings (SSSR count). The Bertz CT molecular complexity index is 1230. The van der Waals surface area contributed by atoms with Crippen molar-refractivity contribution in [3.63, 3.8) is 0 Å². The van der Waals surface area contributed by atoms with Gasteiger partial charge in [-0.15, -0.1) is 0 Å². The van der Waals surface area contributed by atoms with Crippen molar-refractivity contribution >= 4 is 22.8 Å². The van der Waals surface area contributed by atoms with Crippen molar-refractivity contribution in [1.82, 2.24) is 15.0 Å². The lowest BCUT2D eigenvalue weighted by Gasteiger charge is -2.14. The maximum Gasteiger partial charge on any atom is 0.305 e. The zero-order chi connectivity index (χ0) is 20.9. The molecule has 0 spiro atoms. The number of nitrogens with one attached hydrogen (secondary N) is 2. The molecular weight excluding hydrogens is 384 g/mol. The van der Waals surface area contributed by atoms with Crippen LogP contribution in [0.15, 0.2) is 76.1 Å². The Morgan fingerprint density at radius 3 is 2.67 bits per heavy atom. The molecule has 0 atom stereocenters. The summed E-state index contributed by atoms with van der Waals surface area (Å²) in [6.45, 7) is 2.40. The van der Waals surface area contributed by atoms with E-state index in [0.717, 1.165) is 0 Å². The summed E-state index contributed by atoms with van der Waals surface area (Å²) < 4.78 is 12.5. The number of hydrogen-bond acceptors (Lipinski definition) is 6. The van der Waals surface area contributed by atoms with Gasteiger partial charge in [0.1, 0.15) is 12.4 Å². The SMILES string of the molecule is CCn1c(NNC(=O)c2occc2COc2ccccc2)nc2ccccc2c1=O. The number of nitrogens with zero attached hydrogens (tertiary/aromatic N) is 2. The first kappa shape index (κ1) is 19.3. The Hall–Kier alpha value is -4.07. The molecule has 8 heteroatoms. The molecule has 2 aromatic carbocycles. The minimum atomic E-state index is -0.503. The molecule has 0 aliphatic carbocycles. The number of rotatable bonds is 7. The highest BCUT2D eigenvalue weighted by Gasteiger charge is 2.17. The van der Waals surface area contributed by atoms with Gasteiger partial charge in [-0.25, -0.2) is 4.98 Å². The molecule has 152 valence electrons. The van der Waals surface area contributed by atoms with Crippen LogP contribution >= 0.6 is 0 Å². The molecule has 8 nitrogen and oxygen atoms in total. The zero-order valence-corrected chi connectivity index (χ0v) is 16.3. The topological polar surface area (TPSA) is 98.4 Å². The number of amides is 1. The second-order valence-electron chi connectivity index (χ2n) is 6.46. The number of carbonyl (C=O) groups excluding carboxylic acids is 1. The van der Waals surface area contributed by atoms with Crippen molar-refractivity contribution < 1.29 is 13.9 Å². The number of para-hydroxylation sites is 2. The van der Waals surface area contributed by atoms with E-state index in [9.17, 15) is 9.59 Å². The first-order valence-corrected chi connectivity index (χ1v) is 9.47. The van der Waals surface area contributed by atoms with Gasteiger partial charge in [0.05, 0.1) is 17.2 Å². The van der Waals surface area contributed by atoms with Crippen molar-refractivity contribution in [2.75, 3.05) is 5.43 Å². The lowest BCUT2D eigenvalue weighted by Crippen LogP contribution is -2.34. The van der Waals surface area contributed by atoms with Gasteiger partial charge >= 0.3 is 5.91 Å². The lowest BCUT2D eigenvalue weighted by molar-refractivity contribution is 0.0931. The Labute approximate surface area is 172 Å². The van der Waals surface area contributed by atoms with Gasteiger partial charge in [0.15, 0.2) is 5.76 Å². The molecule has 0 unspecified atom stereocenters. The van der Waals surface area contributed by atoms with Crippen LogP contribution in [-0.2, 0) is 13.2 Å². The zero-order valence-electron chi connectivity index (χ0n) is 16.3. The first-order chi connectivity index (χ1) is 14.7. The highest BCUT2D eigenvalue weighted by Crippen LogP contribution is 2.16. The minimum Gasteiger partial charge on any atom is -0.489 e. The van der Waals surface area contributed by atoms with Gasteiger partial charge in [-0.2, -0.15) is 0 Å².